The lowest BCUT2D eigenvalue weighted by atomic mass is 10.2. The van der Waals surface area contributed by atoms with Crippen LogP contribution < -0.4 is 4.90 Å². The van der Waals surface area contributed by atoms with Crippen LogP contribution in [-0.2, 0) is 15.7 Å². The van der Waals surface area contributed by atoms with Gasteiger partial charge >= 0.3 is 12.1 Å². The van der Waals surface area contributed by atoms with Crippen molar-refractivity contribution in [2.24, 2.45) is 5.92 Å². The van der Waals surface area contributed by atoms with Crippen LogP contribution in [0.2, 0.25) is 0 Å². The molecule has 0 aliphatic carbocycles. The van der Waals surface area contributed by atoms with Gasteiger partial charge in [-0.25, -0.2) is 4.98 Å². The highest BCUT2D eigenvalue weighted by Crippen LogP contribution is 2.34. The number of aromatic nitrogens is 1. The molecule has 0 N–H and O–H groups in total. The molecule has 0 saturated heterocycles. The van der Waals surface area contributed by atoms with Crippen molar-refractivity contribution < 1.29 is 22.7 Å². The van der Waals surface area contributed by atoms with Crippen molar-refractivity contribution in [2.45, 2.75) is 13.1 Å². The maximum atomic E-state index is 12.7. The predicted molar refractivity (Wildman–Crippen MR) is 79.1 cm³/mol. The van der Waals surface area contributed by atoms with Gasteiger partial charge in [-0.1, -0.05) is 18.3 Å². The number of thiazole rings is 1. The number of esters is 1. The molecule has 4 nitrogen and oxygen atoms in total. The highest BCUT2D eigenvalue weighted by atomic mass is 32.1. The van der Waals surface area contributed by atoms with Gasteiger partial charge in [0.15, 0.2) is 5.13 Å². The first-order valence-electron chi connectivity index (χ1n) is 6.49. The van der Waals surface area contributed by atoms with Crippen molar-refractivity contribution in [1.82, 2.24) is 4.98 Å². The van der Waals surface area contributed by atoms with Gasteiger partial charge in [0.2, 0.25) is 0 Å². The number of rotatable bonds is 4. The summed E-state index contributed by atoms with van der Waals surface area (Å²) >= 11 is 1.28. The van der Waals surface area contributed by atoms with E-state index in [1.807, 2.05) is 0 Å². The Kier molecular flexibility index (Phi) is 4.60. The first-order valence-corrected chi connectivity index (χ1v) is 7.30. The lowest BCUT2D eigenvalue weighted by Gasteiger charge is -2.18. The minimum atomic E-state index is -4.39. The van der Waals surface area contributed by atoms with Crippen LogP contribution in [0.5, 0.6) is 0 Å². The first kappa shape index (κ1) is 16.5. The average Bonchev–Trinajstić information content (AvgIpc) is 2.88. The fraction of sp³-hybridized carbons (Fsp3) is 0.429. The molecule has 1 heterocycles. The molecule has 1 aromatic carbocycles. The third-order valence-electron chi connectivity index (χ3n) is 3.18. The molecular weight excluding hydrogens is 317 g/mol. The molecular formula is C14H15F3N2O2S. The van der Waals surface area contributed by atoms with Crippen LogP contribution in [0.1, 0.15) is 12.5 Å². The van der Waals surface area contributed by atoms with Gasteiger partial charge in [0, 0.05) is 13.6 Å². The first-order chi connectivity index (χ1) is 10.2. The van der Waals surface area contributed by atoms with Gasteiger partial charge in [0.1, 0.15) is 0 Å². The zero-order valence-electron chi connectivity index (χ0n) is 12.3. The Morgan fingerprint density at radius 1 is 1.45 bits per heavy atom. The number of hydrogen-bond donors (Lipinski definition) is 0. The molecule has 0 aliphatic rings. The lowest BCUT2D eigenvalue weighted by molar-refractivity contribution is -0.144. The van der Waals surface area contributed by atoms with E-state index < -0.39 is 11.7 Å². The topological polar surface area (TPSA) is 42.4 Å². The zero-order chi connectivity index (χ0) is 16.5. The van der Waals surface area contributed by atoms with Crippen molar-refractivity contribution in [1.29, 1.82) is 0 Å². The quantitative estimate of drug-likeness (QED) is 0.803. The summed E-state index contributed by atoms with van der Waals surface area (Å²) in [6.45, 7) is 2.09. The van der Waals surface area contributed by atoms with Crippen LogP contribution in [0.4, 0.5) is 18.3 Å². The number of hydrogen-bond acceptors (Lipinski definition) is 5. The predicted octanol–water partition coefficient (Wildman–Crippen LogP) is 3.56. The average molecular weight is 332 g/mol. The Bertz CT molecular complexity index is 684. The molecule has 0 amide bonds. The van der Waals surface area contributed by atoms with Crippen molar-refractivity contribution in [2.75, 3.05) is 25.6 Å². The van der Waals surface area contributed by atoms with Gasteiger partial charge in [-0.2, -0.15) is 13.2 Å². The van der Waals surface area contributed by atoms with Gasteiger partial charge in [-0.3, -0.25) is 4.79 Å². The molecule has 22 heavy (non-hydrogen) atoms. The second-order valence-electron chi connectivity index (χ2n) is 4.98. The number of fused-ring (bicyclic) bond motifs is 1. The number of carbonyl (C=O) groups is 1. The fourth-order valence-electron chi connectivity index (χ4n) is 2.02. The Balaban J connectivity index is 2.24. The number of carbonyl (C=O) groups excluding carboxylic acids is 1. The second-order valence-corrected chi connectivity index (χ2v) is 5.99. The van der Waals surface area contributed by atoms with E-state index >= 15 is 0 Å². The lowest BCUT2D eigenvalue weighted by Crippen LogP contribution is -2.29. The van der Waals surface area contributed by atoms with E-state index in [-0.39, 0.29) is 11.9 Å². The number of methoxy groups -OCH3 is 1. The van der Waals surface area contributed by atoms with Crippen LogP contribution in [-0.4, -0.2) is 31.7 Å². The summed E-state index contributed by atoms with van der Waals surface area (Å²) in [5, 5.41) is 0.560. The minimum absolute atomic E-state index is 0.299. The van der Waals surface area contributed by atoms with E-state index in [2.05, 4.69) is 9.72 Å². The maximum Gasteiger partial charge on any atom is 0.416 e. The van der Waals surface area contributed by atoms with Gasteiger partial charge in [0.05, 0.1) is 28.8 Å². The van der Waals surface area contributed by atoms with E-state index in [9.17, 15) is 18.0 Å². The molecule has 1 atom stereocenters. The molecule has 2 aromatic rings. The number of alkyl halides is 3. The highest BCUT2D eigenvalue weighted by molar-refractivity contribution is 7.22. The minimum Gasteiger partial charge on any atom is -0.469 e. The Hall–Kier alpha value is -1.83. The van der Waals surface area contributed by atoms with Gasteiger partial charge in [0.25, 0.3) is 0 Å². The van der Waals surface area contributed by atoms with Gasteiger partial charge < -0.3 is 9.64 Å². The number of benzene rings is 1. The summed E-state index contributed by atoms with van der Waals surface area (Å²) in [4.78, 5) is 17.4. The zero-order valence-corrected chi connectivity index (χ0v) is 13.1. The van der Waals surface area contributed by atoms with Crippen LogP contribution >= 0.6 is 11.3 Å². The normalized spacial score (nSPS) is 13.2. The standard InChI is InChI=1S/C14H15F3N2O2S/c1-8(12(20)21-3)7-19(2)13-18-10-6-9(14(15,16)17)4-5-11(10)22-13/h4-6,8H,7H2,1-3H3. The third-order valence-corrected chi connectivity index (χ3v) is 4.33. The molecule has 8 heteroatoms. The Morgan fingerprint density at radius 3 is 2.73 bits per heavy atom. The monoisotopic (exact) mass is 332 g/mol. The molecule has 2 rings (SSSR count). The summed E-state index contributed by atoms with van der Waals surface area (Å²) in [5.74, 6) is -0.694. The third kappa shape index (κ3) is 3.49. The molecule has 120 valence electrons. The van der Waals surface area contributed by atoms with Crippen molar-refractivity contribution in [3.05, 3.63) is 23.8 Å². The summed E-state index contributed by atoms with van der Waals surface area (Å²) in [5.41, 5.74) is -0.421. The van der Waals surface area contributed by atoms with E-state index in [0.717, 1.165) is 12.1 Å². The highest BCUT2D eigenvalue weighted by Gasteiger charge is 2.31. The Morgan fingerprint density at radius 2 is 2.14 bits per heavy atom. The molecule has 0 fully saturated rings. The summed E-state index contributed by atoms with van der Waals surface area (Å²) < 4.78 is 43.4. The van der Waals surface area contributed by atoms with E-state index in [0.29, 0.717) is 21.9 Å². The SMILES string of the molecule is COC(=O)C(C)CN(C)c1nc2cc(C(F)(F)F)ccc2s1. The Labute approximate surface area is 129 Å². The van der Waals surface area contributed by atoms with E-state index in [1.54, 1.807) is 18.9 Å². The fourth-order valence-corrected chi connectivity index (χ4v) is 2.94. The maximum absolute atomic E-state index is 12.7. The summed E-state index contributed by atoms with van der Waals surface area (Å²) in [6, 6.07) is 3.49. The van der Waals surface area contributed by atoms with Crippen molar-refractivity contribution in [3.8, 4) is 0 Å². The van der Waals surface area contributed by atoms with Crippen molar-refractivity contribution >= 4 is 32.7 Å². The second kappa shape index (κ2) is 6.12. The molecule has 0 radical (unpaired) electrons. The van der Waals surface area contributed by atoms with Gasteiger partial charge in [-0.15, -0.1) is 0 Å². The number of anilines is 1. The molecule has 0 bridgehead atoms. The summed E-state index contributed by atoms with van der Waals surface area (Å²) in [6.07, 6.45) is -4.39. The van der Waals surface area contributed by atoms with E-state index in [4.69, 9.17) is 0 Å². The van der Waals surface area contributed by atoms with Crippen LogP contribution in [0.15, 0.2) is 18.2 Å². The van der Waals surface area contributed by atoms with Crippen LogP contribution in [0.25, 0.3) is 10.2 Å². The smallest absolute Gasteiger partial charge is 0.416 e. The van der Waals surface area contributed by atoms with Gasteiger partial charge in [-0.05, 0) is 18.2 Å². The van der Waals surface area contributed by atoms with Crippen LogP contribution in [0, 0.1) is 5.92 Å². The number of halogens is 3. The molecule has 1 aromatic heterocycles. The number of ether oxygens (including phenoxy) is 1. The van der Waals surface area contributed by atoms with E-state index in [1.165, 1.54) is 24.5 Å². The summed E-state index contributed by atoms with van der Waals surface area (Å²) in [7, 11) is 3.05. The van der Waals surface area contributed by atoms with Crippen LogP contribution in [0.3, 0.4) is 0 Å². The molecule has 0 saturated carbocycles. The molecule has 0 aliphatic heterocycles. The number of nitrogens with zero attached hydrogens (tertiary/aromatic N) is 2. The molecule has 1 unspecified atom stereocenters. The molecule has 0 spiro atoms. The largest absolute Gasteiger partial charge is 0.469 e. The van der Waals surface area contributed by atoms with Crippen molar-refractivity contribution in [3.63, 3.8) is 0 Å².